The zero-order chi connectivity index (χ0) is 20.0. The average molecular weight is 380 g/mol. The first-order valence-corrected chi connectivity index (χ1v) is 8.59. The first-order chi connectivity index (χ1) is 12.6. The molecule has 1 heterocycles. The predicted octanol–water partition coefficient (Wildman–Crippen LogP) is 5.05. The lowest BCUT2D eigenvalue weighted by atomic mass is 10.1. The molecule has 0 spiro atoms. The van der Waals surface area contributed by atoms with E-state index in [-0.39, 0.29) is 11.7 Å². The topological polar surface area (TPSA) is 66.0 Å². The Hall–Kier alpha value is -2.77. The molecule has 1 atom stereocenters. The average Bonchev–Trinajstić information content (AvgIpc) is 2.59. The van der Waals surface area contributed by atoms with Gasteiger partial charge in [-0.05, 0) is 54.8 Å². The molecule has 0 fully saturated rings. The number of carbonyl (C=O) groups excluding carboxylic acids is 1. The normalized spacial score (nSPS) is 12.6. The molecule has 146 valence electrons. The fraction of sp³-hybridized carbons (Fsp3) is 0.368. The van der Waals surface area contributed by atoms with Gasteiger partial charge < -0.3 is 16.0 Å². The number of nitrogens with zero attached hydrogens (tertiary/aromatic N) is 1. The van der Waals surface area contributed by atoms with Crippen molar-refractivity contribution in [3.63, 3.8) is 0 Å². The molecule has 0 aliphatic heterocycles. The largest absolute Gasteiger partial charge is 0.416 e. The van der Waals surface area contributed by atoms with Crippen LogP contribution < -0.4 is 16.0 Å². The molecule has 2 aromatic rings. The number of hydrogen-bond acceptors (Lipinski definition) is 3. The van der Waals surface area contributed by atoms with Gasteiger partial charge in [0.1, 0.15) is 5.82 Å². The van der Waals surface area contributed by atoms with E-state index in [9.17, 15) is 18.0 Å². The zero-order valence-corrected chi connectivity index (χ0v) is 15.4. The van der Waals surface area contributed by atoms with Gasteiger partial charge in [-0.15, -0.1) is 0 Å². The molecule has 3 N–H and O–H groups in total. The summed E-state index contributed by atoms with van der Waals surface area (Å²) in [5.74, 6) is 1.19. The van der Waals surface area contributed by atoms with E-state index >= 15 is 0 Å². The number of amides is 2. The van der Waals surface area contributed by atoms with Gasteiger partial charge in [0.05, 0.1) is 11.6 Å². The Kier molecular flexibility index (Phi) is 6.65. The monoisotopic (exact) mass is 380 g/mol. The van der Waals surface area contributed by atoms with Crippen LogP contribution in [-0.4, -0.2) is 17.6 Å². The highest BCUT2D eigenvalue weighted by molar-refractivity contribution is 5.89. The van der Waals surface area contributed by atoms with E-state index in [0.29, 0.717) is 5.92 Å². The summed E-state index contributed by atoms with van der Waals surface area (Å²) in [5.41, 5.74) is 0.376. The SMILES string of the molecule is CC(C)CNc1cc(C(C)NC(=O)Nc2ccc(C(F)(F)F)cc2)ccn1. The molecule has 2 rings (SSSR count). The summed E-state index contributed by atoms with van der Waals surface area (Å²) < 4.78 is 37.7. The van der Waals surface area contributed by atoms with Crippen LogP contribution >= 0.6 is 0 Å². The lowest BCUT2D eigenvalue weighted by Gasteiger charge is -2.16. The number of aromatic nitrogens is 1. The summed E-state index contributed by atoms with van der Waals surface area (Å²) in [6, 6.07) is 7.12. The van der Waals surface area contributed by atoms with Gasteiger partial charge in [0.25, 0.3) is 0 Å². The third-order valence-corrected chi connectivity index (χ3v) is 3.79. The third-order valence-electron chi connectivity index (χ3n) is 3.79. The van der Waals surface area contributed by atoms with E-state index in [1.807, 2.05) is 13.0 Å². The van der Waals surface area contributed by atoms with E-state index in [4.69, 9.17) is 0 Å². The van der Waals surface area contributed by atoms with Crippen LogP contribution in [0.2, 0.25) is 0 Å². The number of pyridine rings is 1. The number of hydrogen-bond donors (Lipinski definition) is 3. The van der Waals surface area contributed by atoms with Crippen LogP contribution in [0.15, 0.2) is 42.6 Å². The lowest BCUT2D eigenvalue weighted by molar-refractivity contribution is -0.137. The Balaban J connectivity index is 1.94. The van der Waals surface area contributed by atoms with Gasteiger partial charge in [0, 0.05) is 18.4 Å². The van der Waals surface area contributed by atoms with Crippen molar-refractivity contribution in [3.8, 4) is 0 Å². The maximum Gasteiger partial charge on any atom is 0.416 e. The summed E-state index contributed by atoms with van der Waals surface area (Å²) in [6.07, 6.45) is -2.75. The van der Waals surface area contributed by atoms with Gasteiger partial charge in [-0.25, -0.2) is 9.78 Å². The quantitative estimate of drug-likeness (QED) is 0.657. The summed E-state index contributed by atoms with van der Waals surface area (Å²) in [6.45, 7) is 6.78. The smallest absolute Gasteiger partial charge is 0.370 e. The van der Waals surface area contributed by atoms with Gasteiger partial charge in [-0.1, -0.05) is 13.8 Å². The van der Waals surface area contributed by atoms with Crippen LogP contribution in [-0.2, 0) is 6.18 Å². The van der Waals surface area contributed by atoms with Gasteiger partial charge in [0.15, 0.2) is 0 Å². The van der Waals surface area contributed by atoms with Crippen molar-refractivity contribution in [3.05, 3.63) is 53.7 Å². The fourth-order valence-electron chi connectivity index (χ4n) is 2.31. The molecular weight excluding hydrogens is 357 g/mol. The molecule has 1 aromatic carbocycles. The van der Waals surface area contributed by atoms with Crippen molar-refractivity contribution >= 4 is 17.5 Å². The first-order valence-electron chi connectivity index (χ1n) is 8.59. The molecule has 2 amide bonds. The summed E-state index contributed by atoms with van der Waals surface area (Å²) in [5, 5.41) is 8.50. The summed E-state index contributed by atoms with van der Waals surface area (Å²) in [7, 11) is 0. The van der Waals surface area contributed by atoms with Crippen molar-refractivity contribution in [2.45, 2.75) is 33.0 Å². The van der Waals surface area contributed by atoms with Crippen molar-refractivity contribution in [1.29, 1.82) is 0 Å². The van der Waals surface area contributed by atoms with Crippen molar-refractivity contribution in [2.24, 2.45) is 5.92 Å². The van der Waals surface area contributed by atoms with Crippen LogP contribution in [0.25, 0.3) is 0 Å². The number of halogens is 3. The number of benzene rings is 1. The summed E-state index contributed by atoms with van der Waals surface area (Å²) in [4.78, 5) is 16.3. The number of carbonyl (C=O) groups is 1. The molecule has 5 nitrogen and oxygen atoms in total. The van der Waals surface area contributed by atoms with Gasteiger partial charge in [-0.3, -0.25) is 0 Å². The van der Waals surface area contributed by atoms with Crippen LogP contribution in [0, 0.1) is 5.92 Å². The second-order valence-electron chi connectivity index (χ2n) is 6.64. The Morgan fingerprint density at radius 3 is 2.37 bits per heavy atom. The Morgan fingerprint density at radius 2 is 1.78 bits per heavy atom. The van der Waals surface area contributed by atoms with Crippen LogP contribution in [0.4, 0.5) is 29.5 Å². The lowest BCUT2D eigenvalue weighted by Crippen LogP contribution is -2.31. The number of anilines is 2. The number of alkyl halides is 3. The van der Waals surface area contributed by atoms with Gasteiger partial charge in [0.2, 0.25) is 0 Å². The molecule has 0 radical (unpaired) electrons. The number of nitrogens with one attached hydrogen (secondary N) is 3. The van der Waals surface area contributed by atoms with Crippen LogP contribution in [0.3, 0.4) is 0 Å². The molecule has 8 heteroatoms. The van der Waals surface area contributed by atoms with Crippen LogP contribution in [0.1, 0.15) is 37.9 Å². The maximum absolute atomic E-state index is 12.6. The Bertz CT molecular complexity index is 760. The van der Waals surface area contributed by atoms with E-state index < -0.39 is 17.8 Å². The molecule has 1 aromatic heterocycles. The first kappa shape index (κ1) is 20.5. The molecular formula is C19H23F3N4O. The van der Waals surface area contributed by atoms with Crippen molar-refractivity contribution in [2.75, 3.05) is 17.2 Å². The standard InChI is InChI=1S/C19H23F3N4O/c1-12(2)11-24-17-10-14(8-9-23-17)13(3)25-18(27)26-16-6-4-15(5-7-16)19(20,21)22/h4-10,12-13H,11H2,1-3H3,(H,23,24)(H2,25,26,27). The highest BCUT2D eigenvalue weighted by Crippen LogP contribution is 2.29. The van der Waals surface area contributed by atoms with Crippen molar-refractivity contribution < 1.29 is 18.0 Å². The van der Waals surface area contributed by atoms with E-state index in [0.717, 1.165) is 30.1 Å². The van der Waals surface area contributed by atoms with E-state index in [2.05, 4.69) is 34.8 Å². The minimum Gasteiger partial charge on any atom is -0.370 e. The second-order valence-corrected chi connectivity index (χ2v) is 6.64. The molecule has 0 saturated heterocycles. The molecule has 0 saturated carbocycles. The third kappa shape index (κ3) is 6.47. The Morgan fingerprint density at radius 1 is 1.11 bits per heavy atom. The highest BCUT2D eigenvalue weighted by atomic mass is 19.4. The van der Waals surface area contributed by atoms with Crippen LogP contribution in [0.5, 0.6) is 0 Å². The van der Waals surface area contributed by atoms with Gasteiger partial charge in [-0.2, -0.15) is 13.2 Å². The molecule has 27 heavy (non-hydrogen) atoms. The molecule has 0 aliphatic carbocycles. The van der Waals surface area contributed by atoms with Gasteiger partial charge >= 0.3 is 12.2 Å². The highest BCUT2D eigenvalue weighted by Gasteiger charge is 2.30. The van der Waals surface area contributed by atoms with E-state index in [1.54, 1.807) is 12.3 Å². The van der Waals surface area contributed by atoms with E-state index in [1.165, 1.54) is 12.1 Å². The molecule has 0 bridgehead atoms. The maximum atomic E-state index is 12.6. The minimum absolute atomic E-state index is 0.279. The minimum atomic E-state index is -4.40. The number of rotatable bonds is 6. The Labute approximate surface area is 156 Å². The summed E-state index contributed by atoms with van der Waals surface area (Å²) >= 11 is 0. The van der Waals surface area contributed by atoms with Crippen molar-refractivity contribution in [1.82, 2.24) is 10.3 Å². The molecule has 0 aliphatic rings. The fourth-order valence-corrected chi connectivity index (χ4v) is 2.31. The zero-order valence-electron chi connectivity index (χ0n) is 15.4. The predicted molar refractivity (Wildman–Crippen MR) is 99.6 cm³/mol. The second kappa shape index (κ2) is 8.75. The number of urea groups is 1. The molecule has 1 unspecified atom stereocenters.